The lowest BCUT2D eigenvalue weighted by atomic mass is 9.88. The monoisotopic (exact) mass is 274 g/mol. The first-order chi connectivity index (χ1) is 6.86. The molecule has 0 N–H and O–H groups in total. The Kier molecular flexibility index (Phi) is 3.77. The molecule has 0 aliphatic rings. The Morgan fingerprint density at radius 2 is 1.93 bits per heavy atom. The van der Waals surface area contributed by atoms with E-state index in [2.05, 4.69) is 36.7 Å². The lowest BCUT2D eigenvalue weighted by Crippen LogP contribution is -2.13. The summed E-state index contributed by atoms with van der Waals surface area (Å²) in [5, 5.41) is 0. The summed E-state index contributed by atoms with van der Waals surface area (Å²) in [6.07, 6.45) is 0. The van der Waals surface area contributed by atoms with Crippen molar-refractivity contribution in [2.24, 2.45) is 5.41 Å². The van der Waals surface area contributed by atoms with Crippen LogP contribution in [-0.4, -0.2) is 7.11 Å². The van der Waals surface area contributed by atoms with Gasteiger partial charge < -0.3 is 4.74 Å². The SMILES string of the molecule is COc1ccc(C(Br)C(C)(C)C)cc1F. The first-order valence-electron chi connectivity index (χ1n) is 4.83. The molecular weight excluding hydrogens is 259 g/mol. The number of alkyl halides is 1. The summed E-state index contributed by atoms with van der Waals surface area (Å²) in [7, 11) is 1.47. The zero-order valence-electron chi connectivity index (χ0n) is 9.47. The number of methoxy groups -OCH3 is 1. The highest BCUT2D eigenvalue weighted by Gasteiger charge is 2.24. The van der Waals surface area contributed by atoms with Crippen molar-refractivity contribution in [3.8, 4) is 5.75 Å². The smallest absolute Gasteiger partial charge is 0.165 e. The highest BCUT2D eigenvalue weighted by Crippen LogP contribution is 2.40. The lowest BCUT2D eigenvalue weighted by Gasteiger charge is -2.26. The fourth-order valence-electron chi connectivity index (χ4n) is 1.34. The molecule has 1 aromatic carbocycles. The molecule has 1 aromatic rings. The summed E-state index contributed by atoms with van der Waals surface area (Å²) in [6.45, 7) is 6.32. The minimum absolute atomic E-state index is 0.0566. The molecule has 0 bridgehead atoms. The molecule has 0 saturated carbocycles. The van der Waals surface area contributed by atoms with Gasteiger partial charge in [0.1, 0.15) is 0 Å². The van der Waals surface area contributed by atoms with Crippen LogP contribution in [0.4, 0.5) is 4.39 Å². The molecule has 0 saturated heterocycles. The first kappa shape index (κ1) is 12.5. The van der Waals surface area contributed by atoms with Crippen molar-refractivity contribution in [3.05, 3.63) is 29.6 Å². The predicted molar refractivity (Wildman–Crippen MR) is 64.1 cm³/mol. The summed E-state index contributed by atoms with van der Waals surface area (Å²) in [5.41, 5.74) is 0.988. The number of halogens is 2. The topological polar surface area (TPSA) is 9.23 Å². The quantitative estimate of drug-likeness (QED) is 0.730. The number of ether oxygens (including phenoxy) is 1. The van der Waals surface area contributed by atoms with E-state index >= 15 is 0 Å². The molecule has 0 fully saturated rings. The minimum Gasteiger partial charge on any atom is -0.494 e. The summed E-state index contributed by atoms with van der Waals surface area (Å²) < 4.78 is 18.3. The zero-order chi connectivity index (χ0) is 11.6. The molecule has 84 valence electrons. The Labute approximate surface area is 98.8 Å². The second-order valence-corrected chi connectivity index (χ2v) is 5.54. The van der Waals surface area contributed by atoms with Crippen LogP contribution in [0.15, 0.2) is 18.2 Å². The third-order valence-electron chi connectivity index (χ3n) is 2.23. The van der Waals surface area contributed by atoms with Crippen molar-refractivity contribution in [2.45, 2.75) is 25.6 Å². The molecule has 15 heavy (non-hydrogen) atoms. The van der Waals surface area contributed by atoms with Crippen LogP contribution in [0, 0.1) is 11.2 Å². The third kappa shape index (κ3) is 2.94. The number of hydrogen-bond acceptors (Lipinski definition) is 1. The highest BCUT2D eigenvalue weighted by molar-refractivity contribution is 9.09. The van der Waals surface area contributed by atoms with Crippen LogP contribution in [0.5, 0.6) is 5.75 Å². The van der Waals surface area contributed by atoms with Crippen LogP contribution in [0.3, 0.4) is 0 Å². The summed E-state index contributed by atoms with van der Waals surface area (Å²) in [6, 6.07) is 5.06. The molecule has 0 heterocycles. The molecule has 0 amide bonds. The third-order valence-corrected chi connectivity index (χ3v) is 4.13. The molecule has 0 aromatic heterocycles. The molecule has 0 aliphatic heterocycles. The van der Waals surface area contributed by atoms with Gasteiger partial charge in [0, 0.05) is 4.83 Å². The van der Waals surface area contributed by atoms with Crippen molar-refractivity contribution in [1.29, 1.82) is 0 Å². The fraction of sp³-hybridized carbons (Fsp3) is 0.500. The zero-order valence-corrected chi connectivity index (χ0v) is 11.1. The Morgan fingerprint density at radius 1 is 1.33 bits per heavy atom. The molecule has 1 unspecified atom stereocenters. The van der Waals surface area contributed by atoms with Gasteiger partial charge in [0.2, 0.25) is 0 Å². The average molecular weight is 275 g/mol. The largest absolute Gasteiger partial charge is 0.494 e. The normalized spacial score (nSPS) is 13.7. The Morgan fingerprint density at radius 3 is 2.33 bits per heavy atom. The van der Waals surface area contributed by atoms with E-state index in [-0.39, 0.29) is 21.8 Å². The Bertz CT molecular complexity index is 344. The van der Waals surface area contributed by atoms with Crippen molar-refractivity contribution >= 4 is 15.9 Å². The van der Waals surface area contributed by atoms with E-state index < -0.39 is 0 Å². The first-order valence-corrected chi connectivity index (χ1v) is 5.75. The molecule has 1 rings (SSSR count). The minimum atomic E-state index is -0.316. The van der Waals surface area contributed by atoms with Gasteiger partial charge in [0.25, 0.3) is 0 Å². The molecule has 0 spiro atoms. The maximum atomic E-state index is 13.5. The van der Waals surface area contributed by atoms with Crippen molar-refractivity contribution in [2.75, 3.05) is 7.11 Å². The van der Waals surface area contributed by atoms with Crippen LogP contribution in [0.25, 0.3) is 0 Å². The van der Waals surface area contributed by atoms with Gasteiger partial charge in [-0.3, -0.25) is 0 Å². The number of rotatable bonds is 2. The average Bonchev–Trinajstić information content (AvgIpc) is 2.15. The maximum Gasteiger partial charge on any atom is 0.165 e. The van der Waals surface area contributed by atoms with E-state index in [1.807, 2.05) is 6.07 Å². The van der Waals surface area contributed by atoms with Gasteiger partial charge in [-0.05, 0) is 23.1 Å². The van der Waals surface area contributed by atoms with Crippen LogP contribution in [0.2, 0.25) is 0 Å². The molecule has 0 radical (unpaired) electrons. The van der Waals surface area contributed by atoms with Crippen LogP contribution < -0.4 is 4.74 Å². The van der Waals surface area contributed by atoms with Crippen molar-refractivity contribution in [3.63, 3.8) is 0 Å². The summed E-state index contributed by atoms with van der Waals surface area (Å²) in [5.74, 6) is -0.0314. The summed E-state index contributed by atoms with van der Waals surface area (Å²) >= 11 is 3.58. The maximum absolute atomic E-state index is 13.5. The van der Waals surface area contributed by atoms with E-state index in [1.165, 1.54) is 13.2 Å². The standard InChI is InChI=1S/C12H16BrFO/c1-12(2,3)11(13)8-5-6-10(15-4)9(14)7-8/h5-7,11H,1-4H3. The second kappa shape index (κ2) is 4.52. The summed E-state index contributed by atoms with van der Waals surface area (Å²) in [4.78, 5) is 0.130. The highest BCUT2D eigenvalue weighted by atomic mass is 79.9. The van der Waals surface area contributed by atoms with Gasteiger partial charge in [0.05, 0.1) is 7.11 Å². The van der Waals surface area contributed by atoms with Gasteiger partial charge in [-0.15, -0.1) is 0 Å². The molecule has 1 atom stereocenters. The predicted octanol–water partition coefficient (Wildman–Crippen LogP) is 4.32. The van der Waals surface area contributed by atoms with Gasteiger partial charge in [-0.2, -0.15) is 0 Å². The van der Waals surface area contributed by atoms with Crippen LogP contribution in [0.1, 0.15) is 31.2 Å². The van der Waals surface area contributed by atoms with E-state index in [9.17, 15) is 4.39 Å². The second-order valence-electron chi connectivity index (χ2n) is 4.62. The van der Waals surface area contributed by atoms with E-state index in [1.54, 1.807) is 6.07 Å². The Hall–Kier alpha value is -0.570. The van der Waals surface area contributed by atoms with Crippen molar-refractivity contribution < 1.29 is 9.13 Å². The van der Waals surface area contributed by atoms with E-state index in [4.69, 9.17) is 4.74 Å². The molecular formula is C12H16BrFO. The lowest BCUT2D eigenvalue weighted by molar-refractivity contribution is 0.382. The molecule has 0 aliphatic carbocycles. The van der Waals surface area contributed by atoms with Crippen LogP contribution in [-0.2, 0) is 0 Å². The fourth-order valence-corrected chi connectivity index (χ4v) is 1.63. The van der Waals surface area contributed by atoms with Crippen molar-refractivity contribution in [1.82, 2.24) is 0 Å². The van der Waals surface area contributed by atoms with E-state index in [0.29, 0.717) is 0 Å². The van der Waals surface area contributed by atoms with Gasteiger partial charge in [-0.1, -0.05) is 42.8 Å². The number of benzene rings is 1. The van der Waals surface area contributed by atoms with Gasteiger partial charge in [0.15, 0.2) is 11.6 Å². The molecule has 1 nitrogen and oxygen atoms in total. The van der Waals surface area contributed by atoms with Gasteiger partial charge >= 0.3 is 0 Å². The number of hydrogen-bond donors (Lipinski definition) is 0. The molecule has 3 heteroatoms. The van der Waals surface area contributed by atoms with Gasteiger partial charge in [-0.25, -0.2) is 4.39 Å². The Balaban J connectivity index is 3.02. The van der Waals surface area contributed by atoms with Crippen LogP contribution >= 0.6 is 15.9 Å². The van der Waals surface area contributed by atoms with E-state index in [0.717, 1.165) is 5.56 Å².